The summed E-state index contributed by atoms with van der Waals surface area (Å²) < 4.78 is 32.2. The van der Waals surface area contributed by atoms with E-state index in [0.717, 1.165) is 25.0 Å². The molecule has 1 N–H and O–H groups in total. The maximum atomic E-state index is 13.5. The molecule has 168 valence electrons. The summed E-state index contributed by atoms with van der Waals surface area (Å²) in [4.78, 5) is 27.9. The SMILES string of the molecule is Cc1noc(-c2ccccc2C(=O)N2CCCC2CNc2cnc3cc(F)c(F)cc3n2)n1. The monoisotopic (exact) mass is 450 g/mol. The minimum absolute atomic E-state index is 0.0718. The second kappa shape index (κ2) is 8.53. The van der Waals surface area contributed by atoms with Crippen molar-refractivity contribution in [3.05, 3.63) is 65.6 Å². The quantitative estimate of drug-likeness (QED) is 0.491. The third-order valence-electron chi connectivity index (χ3n) is 5.66. The van der Waals surface area contributed by atoms with E-state index in [9.17, 15) is 13.6 Å². The van der Waals surface area contributed by atoms with Gasteiger partial charge in [0.15, 0.2) is 17.5 Å². The highest BCUT2D eigenvalue weighted by Gasteiger charge is 2.31. The Bertz CT molecular complexity index is 1340. The molecule has 1 unspecified atom stereocenters. The summed E-state index contributed by atoms with van der Waals surface area (Å²) in [5.74, 6) is -0.831. The zero-order chi connectivity index (χ0) is 22.9. The number of aryl methyl sites for hydroxylation is 1. The average Bonchev–Trinajstić information content (AvgIpc) is 3.47. The fraction of sp³-hybridized carbons (Fsp3) is 0.261. The van der Waals surface area contributed by atoms with E-state index in [0.29, 0.717) is 41.7 Å². The molecule has 0 saturated carbocycles. The number of hydrogen-bond acceptors (Lipinski definition) is 7. The fourth-order valence-electron chi connectivity index (χ4n) is 4.05. The summed E-state index contributed by atoms with van der Waals surface area (Å²) >= 11 is 0. The number of carbonyl (C=O) groups is 1. The highest BCUT2D eigenvalue weighted by molar-refractivity contribution is 6.00. The molecule has 1 aliphatic heterocycles. The maximum absolute atomic E-state index is 13.5. The van der Waals surface area contributed by atoms with Crippen molar-refractivity contribution >= 4 is 22.8 Å². The van der Waals surface area contributed by atoms with Crippen molar-refractivity contribution in [2.45, 2.75) is 25.8 Å². The van der Waals surface area contributed by atoms with Gasteiger partial charge in [-0.25, -0.2) is 13.8 Å². The Balaban J connectivity index is 1.34. The number of aromatic nitrogens is 4. The first kappa shape index (κ1) is 20.9. The molecule has 0 aliphatic carbocycles. The van der Waals surface area contributed by atoms with Crippen molar-refractivity contribution in [1.82, 2.24) is 25.0 Å². The average molecular weight is 450 g/mol. The number of nitrogens with zero attached hydrogens (tertiary/aromatic N) is 5. The molecule has 33 heavy (non-hydrogen) atoms. The Hall–Kier alpha value is -3.95. The predicted molar refractivity (Wildman–Crippen MR) is 116 cm³/mol. The topological polar surface area (TPSA) is 97.0 Å². The van der Waals surface area contributed by atoms with Crippen LogP contribution in [0.1, 0.15) is 29.0 Å². The molecule has 8 nitrogen and oxygen atoms in total. The number of benzene rings is 2. The van der Waals surface area contributed by atoms with E-state index in [2.05, 4.69) is 25.4 Å². The van der Waals surface area contributed by atoms with Crippen LogP contribution in [0.25, 0.3) is 22.5 Å². The third kappa shape index (κ3) is 4.11. The summed E-state index contributed by atoms with van der Waals surface area (Å²) in [6, 6.07) is 9.12. The first-order valence-corrected chi connectivity index (χ1v) is 10.6. The van der Waals surface area contributed by atoms with Crippen LogP contribution in [0.3, 0.4) is 0 Å². The first-order valence-electron chi connectivity index (χ1n) is 10.6. The zero-order valence-electron chi connectivity index (χ0n) is 17.8. The number of anilines is 1. The highest BCUT2D eigenvalue weighted by Crippen LogP contribution is 2.27. The smallest absolute Gasteiger partial charge is 0.258 e. The second-order valence-corrected chi connectivity index (χ2v) is 7.88. The molecule has 5 rings (SSSR count). The molecular weight excluding hydrogens is 430 g/mol. The van der Waals surface area contributed by atoms with E-state index in [4.69, 9.17) is 4.52 Å². The Morgan fingerprint density at radius 3 is 2.76 bits per heavy atom. The molecule has 2 aromatic carbocycles. The molecule has 0 radical (unpaired) electrons. The molecule has 10 heteroatoms. The summed E-state index contributed by atoms with van der Waals surface area (Å²) in [6.45, 7) is 2.79. The Morgan fingerprint density at radius 1 is 1.18 bits per heavy atom. The molecule has 1 amide bonds. The molecular formula is C23H20F2N6O2. The van der Waals surface area contributed by atoms with Crippen LogP contribution in [0.4, 0.5) is 14.6 Å². The number of hydrogen-bond donors (Lipinski definition) is 1. The van der Waals surface area contributed by atoms with Crippen LogP contribution in [0.5, 0.6) is 0 Å². The predicted octanol–water partition coefficient (Wildman–Crippen LogP) is 3.98. The van der Waals surface area contributed by atoms with Crippen LogP contribution in [-0.2, 0) is 0 Å². The van der Waals surface area contributed by atoms with E-state index >= 15 is 0 Å². The standard InChI is InChI=1S/C23H20F2N6O2/c1-13-28-22(33-30-13)15-6-2-3-7-16(15)23(32)31-8-4-5-14(31)11-27-21-12-26-19-9-17(24)18(25)10-20(19)29-21/h2-3,6-7,9-10,12,14H,4-5,8,11H2,1H3,(H,27,29). The van der Waals surface area contributed by atoms with Gasteiger partial charge in [0.05, 0.1) is 28.4 Å². The van der Waals surface area contributed by atoms with Gasteiger partial charge in [-0.1, -0.05) is 17.3 Å². The van der Waals surface area contributed by atoms with Crippen LogP contribution in [0.2, 0.25) is 0 Å². The van der Waals surface area contributed by atoms with Crippen LogP contribution >= 0.6 is 0 Å². The molecule has 3 heterocycles. The number of amides is 1. The van der Waals surface area contributed by atoms with Gasteiger partial charge in [-0.15, -0.1) is 0 Å². The lowest BCUT2D eigenvalue weighted by Gasteiger charge is -2.26. The van der Waals surface area contributed by atoms with Crippen LogP contribution < -0.4 is 5.32 Å². The van der Waals surface area contributed by atoms with Gasteiger partial charge in [0.1, 0.15) is 5.82 Å². The summed E-state index contributed by atoms with van der Waals surface area (Å²) in [6.07, 6.45) is 3.16. The molecule has 1 fully saturated rings. The molecule has 0 spiro atoms. The Labute approximate surface area is 187 Å². The van der Waals surface area contributed by atoms with E-state index in [1.54, 1.807) is 25.1 Å². The van der Waals surface area contributed by atoms with Gasteiger partial charge >= 0.3 is 0 Å². The number of halogens is 2. The van der Waals surface area contributed by atoms with Crippen molar-refractivity contribution in [2.75, 3.05) is 18.4 Å². The van der Waals surface area contributed by atoms with Gasteiger partial charge in [-0.05, 0) is 31.9 Å². The highest BCUT2D eigenvalue weighted by atomic mass is 19.2. The Kier molecular flexibility index (Phi) is 5.41. The zero-order valence-corrected chi connectivity index (χ0v) is 17.8. The van der Waals surface area contributed by atoms with Crippen molar-refractivity contribution < 1.29 is 18.1 Å². The lowest BCUT2D eigenvalue weighted by molar-refractivity contribution is 0.0744. The number of likely N-dealkylation sites (tertiary alicyclic amines) is 1. The molecule has 4 aromatic rings. The minimum Gasteiger partial charge on any atom is -0.367 e. The van der Waals surface area contributed by atoms with Gasteiger partial charge in [0.25, 0.3) is 11.8 Å². The van der Waals surface area contributed by atoms with Crippen molar-refractivity contribution in [2.24, 2.45) is 0 Å². The molecule has 0 bridgehead atoms. The summed E-state index contributed by atoms with van der Waals surface area (Å²) in [5, 5.41) is 7.00. The van der Waals surface area contributed by atoms with Crippen LogP contribution in [0.15, 0.2) is 47.1 Å². The van der Waals surface area contributed by atoms with Crippen LogP contribution in [0, 0.1) is 18.6 Å². The maximum Gasteiger partial charge on any atom is 0.258 e. The van der Waals surface area contributed by atoms with Gasteiger partial charge < -0.3 is 14.7 Å². The molecule has 1 atom stereocenters. The number of carbonyl (C=O) groups excluding carboxylic acids is 1. The minimum atomic E-state index is -0.975. The van der Waals surface area contributed by atoms with E-state index < -0.39 is 11.6 Å². The van der Waals surface area contributed by atoms with Crippen LogP contribution in [-0.4, -0.2) is 50.0 Å². The fourth-order valence-corrected chi connectivity index (χ4v) is 4.05. The lowest BCUT2D eigenvalue weighted by Crippen LogP contribution is -2.39. The van der Waals surface area contributed by atoms with E-state index in [1.165, 1.54) is 6.20 Å². The first-order chi connectivity index (χ1) is 16.0. The van der Waals surface area contributed by atoms with Gasteiger partial charge in [-0.2, -0.15) is 4.98 Å². The van der Waals surface area contributed by atoms with Crippen molar-refractivity contribution in [3.8, 4) is 11.5 Å². The largest absolute Gasteiger partial charge is 0.367 e. The normalized spacial score (nSPS) is 15.8. The summed E-state index contributed by atoms with van der Waals surface area (Å²) in [7, 11) is 0. The van der Waals surface area contributed by atoms with E-state index in [1.807, 2.05) is 11.0 Å². The van der Waals surface area contributed by atoms with Gasteiger partial charge in [0, 0.05) is 31.3 Å². The van der Waals surface area contributed by atoms with Gasteiger partial charge in [0.2, 0.25) is 0 Å². The van der Waals surface area contributed by atoms with Crippen molar-refractivity contribution in [1.29, 1.82) is 0 Å². The van der Waals surface area contributed by atoms with Crippen molar-refractivity contribution in [3.63, 3.8) is 0 Å². The number of fused-ring (bicyclic) bond motifs is 1. The third-order valence-corrected chi connectivity index (χ3v) is 5.66. The molecule has 1 saturated heterocycles. The molecule has 2 aromatic heterocycles. The van der Waals surface area contributed by atoms with Gasteiger partial charge in [-0.3, -0.25) is 9.78 Å². The van der Waals surface area contributed by atoms with E-state index in [-0.39, 0.29) is 23.0 Å². The molecule has 1 aliphatic rings. The number of rotatable bonds is 5. The second-order valence-electron chi connectivity index (χ2n) is 7.88. The number of nitrogens with one attached hydrogen (secondary N) is 1. The lowest BCUT2D eigenvalue weighted by atomic mass is 10.1. The Morgan fingerprint density at radius 2 is 1.97 bits per heavy atom. The summed E-state index contributed by atoms with van der Waals surface area (Å²) in [5.41, 5.74) is 1.61.